The molecule has 0 saturated carbocycles. The van der Waals surface area contributed by atoms with Crippen LogP contribution >= 0.6 is 0 Å². The van der Waals surface area contributed by atoms with E-state index in [1.807, 2.05) is 24.3 Å². The number of likely N-dealkylation sites (tertiary alicyclic amines) is 1. The number of piperidine rings is 1. The summed E-state index contributed by atoms with van der Waals surface area (Å²) in [6.07, 6.45) is 5.16. The highest BCUT2D eigenvalue weighted by atomic mass is 16.3. The first-order valence-corrected chi connectivity index (χ1v) is 8.21. The number of carbonyl (C=O) groups excluding carboxylic acids is 1. The Morgan fingerprint density at radius 2 is 2.12 bits per heavy atom. The van der Waals surface area contributed by atoms with Gasteiger partial charge >= 0.3 is 0 Å². The van der Waals surface area contributed by atoms with E-state index < -0.39 is 0 Å². The maximum absolute atomic E-state index is 12.5. The Hall–Kier alpha value is -2.60. The lowest BCUT2D eigenvalue weighted by Gasteiger charge is -2.27. The summed E-state index contributed by atoms with van der Waals surface area (Å²) in [5.41, 5.74) is 2.96. The van der Waals surface area contributed by atoms with Gasteiger partial charge in [-0.3, -0.25) is 9.89 Å². The zero-order chi connectivity index (χ0) is 16.5. The second kappa shape index (κ2) is 6.13. The van der Waals surface area contributed by atoms with Crippen molar-refractivity contribution in [1.29, 1.82) is 0 Å². The van der Waals surface area contributed by atoms with Crippen LogP contribution in [-0.2, 0) is 4.79 Å². The number of H-pyrrole nitrogens is 1. The predicted molar refractivity (Wildman–Crippen MR) is 92.6 cm³/mol. The van der Waals surface area contributed by atoms with Crippen LogP contribution in [0.3, 0.4) is 0 Å². The summed E-state index contributed by atoms with van der Waals surface area (Å²) in [4.78, 5) is 14.7. The molecule has 0 unspecified atom stereocenters. The number of furan rings is 1. The SMILES string of the molecule is CN1CCC(C(=O)Nc2n[nH]c3cc(-c4ccoc4)ccc23)CC1. The number of hydrogen-bond donors (Lipinski definition) is 2. The van der Waals surface area contributed by atoms with Gasteiger partial charge in [-0.15, -0.1) is 0 Å². The molecule has 2 N–H and O–H groups in total. The molecule has 124 valence electrons. The van der Waals surface area contributed by atoms with Gasteiger partial charge in [0.15, 0.2) is 5.82 Å². The van der Waals surface area contributed by atoms with Crippen molar-refractivity contribution in [2.75, 3.05) is 25.5 Å². The third-order valence-corrected chi connectivity index (χ3v) is 4.75. The molecule has 1 saturated heterocycles. The first-order valence-electron chi connectivity index (χ1n) is 8.21. The van der Waals surface area contributed by atoms with E-state index in [2.05, 4.69) is 27.5 Å². The Morgan fingerprint density at radius 1 is 1.29 bits per heavy atom. The maximum atomic E-state index is 12.5. The molecule has 0 radical (unpaired) electrons. The maximum Gasteiger partial charge on any atom is 0.228 e. The fourth-order valence-corrected chi connectivity index (χ4v) is 3.21. The molecular formula is C18H20N4O2. The Balaban J connectivity index is 1.53. The Morgan fingerprint density at radius 3 is 2.88 bits per heavy atom. The number of aromatic amines is 1. The van der Waals surface area contributed by atoms with Crippen molar-refractivity contribution in [3.05, 3.63) is 36.8 Å². The minimum atomic E-state index is 0.0652. The van der Waals surface area contributed by atoms with Crippen molar-refractivity contribution in [2.45, 2.75) is 12.8 Å². The lowest BCUT2D eigenvalue weighted by atomic mass is 9.96. The summed E-state index contributed by atoms with van der Waals surface area (Å²) in [5.74, 6) is 0.737. The van der Waals surface area contributed by atoms with Gasteiger partial charge < -0.3 is 14.6 Å². The van der Waals surface area contributed by atoms with Crippen LogP contribution in [0.5, 0.6) is 0 Å². The molecule has 2 aromatic heterocycles. The third kappa shape index (κ3) is 2.80. The van der Waals surface area contributed by atoms with Crippen molar-refractivity contribution in [3.8, 4) is 11.1 Å². The average molecular weight is 324 g/mol. The van der Waals surface area contributed by atoms with Crippen LogP contribution in [-0.4, -0.2) is 41.1 Å². The molecule has 4 rings (SSSR count). The first-order chi connectivity index (χ1) is 11.7. The average Bonchev–Trinajstić information content (AvgIpc) is 3.25. The molecular weight excluding hydrogens is 304 g/mol. The fourth-order valence-electron chi connectivity index (χ4n) is 3.21. The van der Waals surface area contributed by atoms with Crippen LogP contribution in [0.4, 0.5) is 5.82 Å². The Labute approximate surface area is 139 Å². The summed E-state index contributed by atoms with van der Waals surface area (Å²) in [7, 11) is 2.09. The highest BCUT2D eigenvalue weighted by Gasteiger charge is 2.24. The molecule has 0 aliphatic carbocycles. The molecule has 0 bridgehead atoms. The zero-order valence-electron chi connectivity index (χ0n) is 13.6. The largest absolute Gasteiger partial charge is 0.472 e. The van der Waals surface area contributed by atoms with Crippen LogP contribution in [0.15, 0.2) is 41.2 Å². The summed E-state index contributed by atoms with van der Waals surface area (Å²) in [5, 5.41) is 11.2. The van der Waals surface area contributed by atoms with E-state index in [9.17, 15) is 4.79 Å². The minimum absolute atomic E-state index is 0.0652. The number of benzene rings is 1. The van der Waals surface area contributed by atoms with E-state index in [0.717, 1.165) is 48.0 Å². The number of fused-ring (bicyclic) bond motifs is 1. The Kier molecular flexibility index (Phi) is 3.82. The smallest absolute Gasteiger partial charge is 0.228 e. The minimum Gasteiger partial charge on any atom is -0.472 e. The summed E-state index contributed by atoms with van der Waals surface area (Å²) < 4.78 is 5.13. The second-order valence-electron chi connectivity index (χ2n) is 6.41. The van der Waals surface area contributed by atoms with Crippen molar-refractivity contribution >= 4 is 22.6 Å². The molecule has 3 heterocycles. The van der Waals surface area contributed by atoms with E-state index in [1.165, 1.54) is 0 Å². The lowest BCUT2D eigenvalue weighted by Crippen LogP contribution is -2.36. The number of nitrogens with one attached hydrogen (secondary N) is 2. The zero-order valence-corrected chi connectivity index (χ0v) is 13.6. The quantitative estimate of drug-likeness (QED) is 0.776. The van der Waals surface area contributed by atoms with Gasteiger partial charge in [0.1, 0.15) is 0 Å². The van der Waals surface area contributed by atoms with Gasteiger partial charge in [0.05, 0.1) is 18.0 Å². The molecule has 1 amide bonds. The van der Waals surface area contributed by atoms with Gasteiger partial charge in [-0.2, -0.15) is 5.10 Å². The van der Waals surface area contributed by atoms with Crippen molar-refractivity contribution in [1.82, 2.24) is 15.1 Å². The van der Waals surface area contributed by atoms with Gasteiger partial charge in [0.25, 0.3) is 0 Å². The van der Waals surface area contributed by atoms with Gasteiger partial charge in [-0.05, 0) is 56.7 Å². The molecule has 3 aromatic rings. The Bertz CT molecular complexity index is 845. The number of anilines is 1. The monoisotopic (exact) mass is 324 g/mol. The van der Waals surface area contributed by atoms with Gasteiger partial charge in [0, 0.05) is 16.9 Å². The van der Waals surface area contributed by atoms with Gasteiger partial charge in [-0.1, -0.05) is 6.07 Å². The molecule has 0 spiro atoms. The molecule has 1 aliphatic heterocycles. The predicted octanol–water partition coefficient (Wildman–Crippen LogP) is 3.10. The van der Waals surface area contributed by atoms with E-state index in [-0.39, 0.29) is 11.8 Å². The number of carbonyl (C=O) groups is 1. The normalized spacial score (nSPS) is 16.5. The highest BCUT2D eigenvalue weighted by molar-refractivity contribution is 6.01. The molecule has 6 heteroatoms. The fraction of sp³-hybridized carbons (Fsp3) is 0.333. The number of aromatic nitrogens is 2. The highest BCUT2D eigenvalue weighted by Crippen LogP contribution is 2.28. The molecule has 1 aromatic carbocycles. The van der Waals surface area contributed by atoms with Crippen LogP contribution in [0.25, 0.3) is 22.0 Å². The molecule has 0 atom stereocenters. The third-order valence-electron chi connectivity index (χ3n) is 4.75. The molecule has 24 heavy (non-hydrogen) atoms. The first kappa shape index (κ1) is 15.0. The topological polar surface area (TPSA) is 74.2 Å². The summed E-state index contributed by atoms with van der Waals surface area (Å²) in [6, 6.07) is 7.91. The van der Waals surface area contributed by atoms with Gasteiger partial charge in [-0.25, -0.2) is 0 Å². The van der Waals surface area contributed by atoms with Gasteiger partial charge in [0.2, 0.25) is 5.91 Å². The number of hydrogen-bond acceptors (Lipinski definition) is 4. The van der Waals surface area contributed by atoms with Crippen molar-refractivity contribution in [2.24, 2.45) is 5.92 Å². The van der Waals surface area contributed by atoms with Crippen LogP contribution in [0, 0.1) is 5.92 Å². The van der Waals surface area contributed by atoms with Crippen LogP contribution in [0.2, 0.25) is 0 Å². The summed E-state index contributed by atoms with van der Waals surface area (Å²) >= 11 is 0. The van der Waals surface area contributed by atoms with Crippen molar-refractivity contribution < 1.29 is 9.21 Å². The van der Waals surface area contributed by atoms with Crippen molar-refractivity contribution in [3.63, 3.8) is 0 Å². The molecule has 1 aliphatic rings. The van der Waals surface area contributed by atoms with E-state index in [0.29, 0.717) is 5.82 Å². The number of amides is 1. The standard InChI is InChI=1S/C18H20N4O2/c1-22-7-4-12(5-8-22)18(23)19-17-15-3-2-13(10-16(15)20-21-17)14-6-9-24-11-14/h2-3,6,9-12H,4-5,7-8H2,1H3,(H2,19,20,21,23). The van der Waals surface area contributed by atoms with E-state index in [1.54, 1.807) is 12.5 Å². The molecule has 1 fully saturated rings. The van der Waals surface area contributed by atoms with E-state index >= 15 is 0 Å². The second-order valence-corrected chi connectivity index (χ2v) is 6.41. The van der Waals surface area contributed by atoms with Crippen LogP contribution in [0.1, 0.15) is 12.8 Å². The number of nitrogens with zero attached hydrogens (tertiary/aromatic N) is 2. The van der Waals surface area contributed by atoms with Crippen LogP contribution < -0.4 is 5.32 Å². The molecule has 6 nitrogen and oxygen atoms in total. The number of rotatable bonds is 3. The summed E-state index contributed by atoms with van der Waals surface area (Å²) in [6.45, 7) is 1.93. The van der Waals surface area contributed by atoms with E-state index in [4.69, 9.17) is 4.42 Å². The lowest BCUT2D eigenvalue weighted by molar-refractivity contribution is -0.121.